The normalized spacial score (nSPS) is 23.6. The van der Waals surface area contributed by atoms with Crippen LogP contribution in [0.15, 0.2) is 12.2 Å². The molecule has 1 aliphatic carbocycles. The first kappa shape index (κ1) is 56.1. The van der Waals surface area contributed by atoms with Crippen molar-refractivity contribution in [3.05, 3.63) is 12.2 Å². The molecule has 14 heteroatoms. The zero-order valence-electron chi connectivity index (χ0n) is 36.9. The molecular weight excluding hydrogens is 777 g/mol. The number of allylic oxidation sites excluding steroid dienone is 2. The summed E-state index contributed by atoms with van der Waals surface area (Å²) in [5, 5.41) is 74.6. The minimum absolute atomic E-state index is 0.225. The molecule has 0 aromatic carbocycles. The van der Waals surface area contributed by atoms with Crippen LogP contribution in [0.2, 0.25) is 0 Å². The van der Waals surface area contributed by atoms with Gasteiger partial charge in [0.05, 0.1) is 31.3 Å². The molecule has 350 valence electrons. The second-order valence-electron chi connectivity index (χ2n) is 17.1. The van der Waals surface area contributed by atoms with Crippen LogP contribution in [0.5, 0.6) is 0 Å². The second kappa shape index (κ2) is 35.5. The summed E-state index contributed by atoms with van der Waals surface area (Å²) in [6, 6.07) is -1.15. The van der Waals surface area contributed by atoms with Crippen molar-refractivity contribution in [2.45, 2.75) is 261 Å². The zero-order valence-corrected chi connectivity index (χ0v) is 37.8. The Labute approximate surface area is 357 Å². The van der Waals surface area contributed by atoms with Gasteiger partial charge in [0.1, 0.15) is 36.6 Å². The maximum atomic E-state index is 13.0. The van der Waals surface area contributed by atoms with Crippen molar-refractivity contribution in [1.29, 1.82) is 0 Å². The molecular formula is C45H88NO12P. The lowest BCUT2D eigenvalue weighted by molar-refractivity contribution is -0.220. The Morgan fingerprint density at radius 3 is 1.41 bits per heavy atom. The molecule has 59 heavy (non-hydrogen) atoms. The molecule has 1 aliphatic rings. The minimum Gasteiger partial charge on any atom is -0.393 e. The predicted molar refractivity (Wildman–Crippen MR) is 234 cm³/mol. The Morgan fingerprint density at radius 2 is 0.949 bits per heavy atom. The molecule has 0 aromatic heterocycles. The van der Waals surface area contributed by atoms with Gasteiger partial charge in [-0.25, -0.2) is 4.57 Å². The molecule has 1 rings (SSSR count). The predicted octanol–water partition coefficient (Wildman–Crippen LogP) is 7.81. The highest BCUT2D eigenvalue weighted by Gasteiger charge is 2.51. The van der Waals surface area contributed by atoms with E-state index in [0.717, 1.165) is 70.6 Å². The lowest BCUT2D eigenvalue weighted by Crippen LogP contribution is -2.64. The largest absolute Gasteiger partial charge is 0.472 e. The molecule has 0 aromatic rings. The van der Waals surface area contributed by atoms with E-state index in [-0.39, 0.29) is 12.8 Å². The summed E-state index contributed by atoms with van der Waals surface area (Å²) in [6.07, 6.45) is 22.5. The quantitative estimate of drug-likeness (QED) is 0.0164. The molecule has 0 spiro atoms. The summed E-state index contributed by atoms with van der Waals surface area (Å²) in [7, 11) is -5.11. The van der Waals surface area contributed by atoms with E-state index < -0.39 is 75.2 Å². The first-order valence-corrected chi connectivity index (χ1v) is 25.2. The fraction of sp³-hybridized carbons (Fsp3) is 0.933. The van der Waals surface area contributed by atoms with Gasteiger partial charge in [-0.15, -0.1) is 0 Å². The fourth-order valence-electron chi connectivity index (χ4n) is 7.71. The molecule has 8 unspecified atom stereocenters. The van der Waals surface area contributed by atoms with Crippen molar-refractivity contribution in [1.82, 2.24) is 5.32 Å². The number of amides is 1. The van der Waals surface area contributed by atoms with Gasteiger partial charge < -0.3 is 46.0 Å². The Kier molecular flexibility index (Phi) is 33.7. The number of carbonyl (C=O) groups is 1. The zero-order chi connectivity index (χ0) is 43.7. The number of aliphatic hydroxyl groups excluding tert-OH is 7. The number of rotatable bonds is 39. The Balaban J connectivity index is 2.52. The van der Waals surface area contributed by atoms with Crippen LogP contribution in [0.4, 0.5) is 0 Å². The van der Waals surface area contributed by atoms with Gasteiger partial charge in [-0.05, 0) is 38.5 Å². The van der Waals surface area contributed by atoms with E-state index in [1.165, 1.54) is 96.3 Å². The fourth-order valence-corrected chi connectivity index (χ4v) is 8.68. The molecule has 8 atom stereocenters. The Morgan fingerprint density at radius 1 is 0.576 bits per heavy atom. The van der Waals surface area contributed by atoms with Crippen LogP contribution in [0, 0.1) is 0 Å². The number of aliphatic hydroxyl groups is 7. The number of carbonyl (C=O) groups excluding carboxylic acids is 1. The van der Waals surface area contributed by atoms with Gasteiger partial charge in [-0.3, -0.25) is 13.8 Å². The molecule has 0 aliphatic heterocycles. The topological polar surface area (TPSA) is 226 Å². The number of phosphoric acid groups is 1. The van der Waals surface area contributed by atoms with Crippen LogP contribution in [0.1, 0.15) is 206 Å². The molecule has 0 radical (unpaired) electrons. The van der Waals surface area contributed by atoms with Crippen LogP contribution >= 0.6 is 7.82 Å². The van der Waals surface area contributed by atoms with Crippen LogP contribution < -0.4 is 5.32 Å². The van der Waals surface area contributed by atoms with Gasteiger partial charge in [-0.2, -0.15) is 0 Å². The van der Waals surface area contributed by atoms with Gasteiger partial charge in [0, 0.05) is 0 Å². The van der Waals surface area contributed by atoms with E-state index in [4.69, 9.17) is 9.05 Å². The number of nitrogens with one attached hydrogen (secondary N) is 1. The molecule has 1 amide bonds. The summed E-state index contributed by atoms with van der Waals surface area (Å²) in [5.41, 5.74) is 0. The van der Waals surface area contributed by atoms with E-state index in [1.54, 1.807) is 0 Å². The molecule has 0 heterocycles. The van der Waals surface area contributed by atoms with Crippen molar-refractivity contribution in [2.24, 2.45) is 0 Å². The second-order valence-corrected chi connectivity index (χ2v) is 18.6. The van der Waals surface area contributed by atoms with Gasteiger partial charge in [0.25, 0.3) is 0 Å². The van der Waals surface area contributed by atoms with Crippen molar-refractivity contribution < 1.29 is 59.0 Å². The van der Waals surface area contributed by atoms with E-state index in [0.29, 0.717) is 12.8 Å². The molecule has 0 saturated heterocycles. The molecule has 1 saturated carbocycles. The molecule has 0 bridgehead atoms. The summed E-state index contributed by atoms with van der Waals surface area (Å²) < 4.78 is 22.9. The number of unbranched alkanes of at least 4 members (excludes halogenated alkanes) is 24. The molecule has 13 nitrogen and oxygen atoms in total. The summed E-state index contributed by atoms with van der Waals surface area (Å²) in [4.78, 5) is 23.5. The standard InChI is InChI=1S/C45H88NO12P/c1-3-5-7-9-11-13-15-17-18-19-21-23-25-27-29-31-33-38(48)37(35-57-59(55,56)58-45-43(53)41(51)40(50)42(52)44(45)54)46-39(49)34-36(47)32-30-28-26-24-22-20-16-14-12-10-8-6-4-2/h14,16,36-38,40-45,47-48,50-54H,3-13,15,17-35H2,1-2H3,(H,46,49)(H,55,56)/b16-14-. The van der Waals surface area contributed by atoms with Crippen LogP contribution in [-0.4, -0.2) is 108 Å². The summed E-state index contributed by atoms with van der Waals surface area (Å²) in [5.74, 6) is -0.564. The SMILES string of the molecule is CCCCCC/C=C\CCCCCCCC(O)CC(=O)NC(COP(=O)(O)OC1C(O)C(O)C(O)C(O)C1O)C(O)CCCCCCCCCCCCCCCCCC. The highest BCUT2D eigenvalue weighted by atomic mass is 31.2. The lowest BCUT2D eigenvalue weighted by Gasteiger charge is -2.41. The van der Waals surface area contributed by atoms with Gasteiger partial charge >= 0.3 is 7.82 Å². The highest BCUT2D eigenvalue weighted by molar-refractivity contribution is 7.47. The van der Waals surface area contributed by atoms with Gasteiger partial charge in [0.2, 0.25) is 5.91 Å². The third kappa shape index (κ3) is 27.7. The van der Waals surface area contributed by atoms with Gasteiger partial charge in [0.15, 0.2) is 0 Å². The highest BCUT2D eigenvalue weighted by Crippen LogP contribution is 2.47. The van der Waals surface area contributed by atoms with Gasteiger partial charge in [-0.1, -0.05) is 174 Å². The van der Waals surface area contributed by atoms with Crippen LogP contribution in [0.25, 0.3) is 0 Å². The van der Waals surface area contributed by atoms with Crippen molar-refractivity contribution >= 4 is 13.7 Å². The van der Waals surface area contributed by atoms with Crippen LogP contribution in [-0.2, 0) is 18.4 Å². The van der Waals surface area contributed by atoms with Crippen molar-refractivity contribution in [3.63, 3.8) is 0 Å². The van der Waals surface area contributed by atoms with Crippen LogP contribution in [0.3, 0.4) is 0 Å². The van der Waals surface area contributed by atoms with E-state index in [1.807, 2.05) is 0 Å². The third-order valence-corrected chi connectivity index (χ3v) is 12.6. The number of phosphoric ester groups is 1. The Bertz CT molecular complexity index is 1070. The average Bonchev–Trinajstić information content (AvgIpc) is 3.21. The average molecular weight is 866 g/mol. The minimum atomic E-state index is -5.11. The summed E-state index contributed by atoms with van der Waals surface area (Å²) in [6.45, 7) is 3.77. The monoisotopic (exact) mass is 866 g/mol. The number of hydrogen-bond acceptors (Lipinski definition) is 11. The van der Waals surface area contributed by atoms with E-state index >= 15 is 0 Å². The summed E-state index contributed by atoms with van der Waals surface area (Å²) >= 11 is 0. The van der Waals surface area contributed by atoms with E-state index in [9.17, 15) is 50.0 Å². The van der Waals surface area contributed by atoms with E-state index in [2.05, 4.69) is 31.3 Å². The first-order valence-electron chi connectivity index (χ1n) is 23.7. The third-order valence-electron chi connectivity index (χ3n) is 11.6. The molecule has 1 fully saturated rings. The first-order chi connectivity index (χ1) is 28.3. The maximum absolute atomic E-state index is 13.0. The Hall–Kier alpha value is -0.960. The smallest absolute Gasteiger partial charge is 0.393 e. The maximum Gasteiger partial charge on any atom is 0.472 e. The number of hydrogen-bond donors (Lipinski definition) is 9. The lowest BCUT2D eigenvalue weighted by atomic mass is 9.85. The van der Waals surface area contributed by atoms with Crippen molar-refractivity contribution in [3.8, 4) is 0 Å². The van der Waals surface area contributed by atoms with Crippen molar-refractivity contribution in [2.75, 3.05) is 6.61 Å². The molecule has 9 N–H and O–H groups in total.